The fourth-order valence-corrected chi connectivity index (χ4v) is 1.25. The van der Waals surface area contributed by atoms with Crippen LogP contribution in [0.3, 0.4) is 0 Å². The largest absolute Gasteiger partial charge is 0.256 e. The number of fused-ring (bicyclic) bond motifs is 1. The van der Waals surface area contributed by atoms with Crippen molar-refractivity contribution in [2.24, 2.45) is 0 Å². The predicted molar refractivity (Wildman–Crippen MR) is 51.8 cm³/mol. The quantitative estimate of drug-likeness (QED) is 0.618. The Kier molecular flexibility index (Phi) is 1.38. The average molecular weight is 156 g/mol. The Morgan fingerprint density at radius 2 is 2.25 bits per heavy atom. The summed E-state index contributed by atoms with van der Waals surface area (Å²) >= 11 is 0. The highest BCUT2D eigenvalue weighted by Crippen LogP contribution is 2.16. The molecule has 1 aromatic heterocycles. The SMILES string of the molecule is [2H]c1ccc2c(C=C)cccc2n1. The van der Waals surface area contributed by atoms with Crippen molar-refractivity contribution in [1.82, 2.24) is 4.98 Å². The summed E-state index contributed by atoms with van der Waals surface area (Å²) in [7, 11) is 0. The molecule has 0 atom stereocenters. The Morgan fingerprint density at radius 1 is 1.33 bits per heavy atom. The standard InChI is InChI=1S/C11H9N/c1-2-9-5-3-7-11-10(9)6-4-8-12-11/h2-8H,1H2/i8D. The fraction of sp³-hybridized carbons (Fsp3) is 0. The summed E-state index contributed by atoms with van der Waals surface area (Å²) in [4.78, 5) is 4.10. The summed E-state index contributed by atoms with van der Waals surface area (Å²) in [5.74, 6) is 0. The molecular weight excluding hydrogens is 146 g/mol. The van der Waals surface area contributed by atoms with E-state index in [-0.39, 0.29) is 0 Å². The molecule has 0 saturated heterocycles. The molecule has 0 fully saturated rings. The molecule has 0 radical (unpaired) electrons. The van der Waals surface area contributed by atoms with Crippen molar-refractivity contribution in [2.75, 3.05) is 0 Å². The smallest absolute Gasteiger partial charge is 0.0840 e. The average Bonchev–Trinajstić information content (AvgIpc) is 2.16. The number of aromatic nitrogens is 1. The van der Waals surface area contributed by atoms with Crippen LogP contribution < -0.4 is 0 Å². The summed E-state index contributed by atoms with van der Waals surface area (Å²) in [6.45, 7) is 3.73. The van der Waals surface area contributed by atoms with Crippen molar-refractivity contribution in [2.45, 2.75) is 0 Å². The van der Waals surface area contributed by atoms with Crippen molar-refractivity contribution in [3.05, 3.63) is 48.6 Å². The van der Waals surface area contributed by atoms with Crippen molar-refractivity contribution >= 4 is 17.0 Å². The first-order chi connectivity index (χ1) is 6.31. The molecule has 12 heavy (non-hydrogen) atoms. The Hall–Kier alpha value is -1.63. The number of pyridine rings is 1. The van der Waals surface area contributed by atoms with Crippen LogP contribution in [0, 0.1) is 0 Å². The van der Waals surface area contributed by atoms with Crippen LogP contribution in [0.2, 0.25) is 0 Å². The van der Waals surface area contributed by atoms with E-state index < -0.39 is 0 Å². The van der Waals surface area contributed by atoms with Gasteiger partial charge in [0.25, 0.3) is 0 Å². The predicted octanol–water partition coefficient (Wildman–Crippen LogP) is 2.88. The second kappa shape index (κ2) is 2.78. The van der Waals surface area contributed by atoms with E-state index in [1.54, 1.807) is 12.1 Å². The van der Waals surface area contributed by atoms with E-state index in [1.807, 2.05) is 24.3 Å². The Bertz CT molecular complexity index is 463. The number of benzene rings is 1. The lowest BCUT2D eigenvalue weighted by Gasteiger charge is -1.98. The molecule has 1 nitrogen and oxygen atoms in total. The van der Waals surface area contributed by atoms with Gasteiger partial charge in [0.1, 0.15) is 0 Å². The second-order valence-electron chi connectivity index (χ2n) is 2.56. The molecule has 58 valence electrons. The van der Waals surface area contributed by atoms with Gasteiger partial charge in [0.2, 0.25) is 0 Å². The summed E-state index contributed by atoms with van der Waals surface area (Å²) < 4.78 is 7.37. The van der Waals surface area contributed by atoms with Gasteiger partial charge in [-0.15, -0.1) is 0 Å². The summed E-state index contributed by atoms with van der Waals surface area (Å²) in [5.41, 5.74) is 1.91. The lowest BCUT2D eigenvalue weighted by molar-refractivity contribution is 1.41. The molecule has 0 spiro atoms. The van der Waals surface area contributed by atoms with Gasteiger partial charge in [-0.2, -0.15) is 0 Å². The summed E-state index contributed by atoms with van der Waals surface area (Å²) in [5, 5.41) is 1.05. The molecule has 1 aromatic carbocycles. The summed E-state index contributed by atoms with van der Waals surface area (Å²) in [6, 6.07) is 9.41. The van der Waals surface area contributed by atoms with Crippen LogP contribution in [0.15, 0.2) is 43.1 Å². The van der Waals surface area contributed by atoms with Crippen molar-refractivity contribution in [3.63, 3.8) is 0 Å². The molecule has 0 unspecified atom stereocenters. The molecule has 2 aromatic rings. The summed E-state index contributed by atoms with van der Waals surface area (Å²) in [6.07, 6.45) is 2.10. The number of hydrogen-bond acceptors (Lipinski definition) is 1. The normalized spacial score (nSPS) is 11.2. The highest BCUT2D eigenvalue weighted by Gasteiger charge is 1.95. The molecule has 2 rings (SSSR count). The molecule has 0 aliphatic rings. The van der Waals surface area contributed by atoms with Gasteiger partial charge in [0.15, 0.2) is 0 Å². The van der Waals surface area contributed by atoms with Crippen LogP contribution in [-0.4, -0.2) is 4.98 Å². The maximum atomic E-state index is 7.37. The van der Waals surface area contributed by atoms with Crippen molar-refractivity contribution in [1.29, 1.82) is 0 Å². The second-order valence-corrected chi connectivity index (χ2v) is 2.56. The van der Waals surface area contributed by atoms with Gasteiger partial charge in [-0.3, -0.25) is 4.98 Å². The topological polar surface area (TPSA) is 12.9 Å². The molecule has 0 N–H and O–H groups in total. The zero-order valence-electron chi connectivity index (χ0n) is 7.62. The molecular formula is C11H9N. The lowest BCUT2D eigenvalue weighted by Crippen LogP contribution is -1.79. The first-order valence-corrected chi connectivity index (χ1v) is 3.80. The maximum absolute atomic E-state index is 7.37. The zero-order chi connectivity index (χ0) is 9.26. The van der Waals surface area contributed by atoms with Gasteiger partial charge in [-0.05, 0) is 17.7 Å². The van der Waals surface area contributed by atoms with E-state index >= 15 is 0 Å². The van der Waals surface area contributed by atoms with E-state index in [9.17, 15) is 0 Å². The highest BCUT2D eigenvalue weighted by molar-refractivity contribution is 5.87. The van der Waals surface area contributed by atoms with Gasteiger partial charge >= 0.3 is 0 Å². The zero-order valence-corrected chi connectivity index (χ0v) is 6.62. The van der Waals surface area contributed by atoms with E-state index in [2.05, 4.69) is 11.6 Å². The van der Waals surface area contributed by atoms with E-state index in [0.717, 1.165) is 16.5 Å². The molecule has 0 amide bonds. The Morgan fingerprint density at radius 3 is 3.08 bits per heavy atom. The number of rotatable bonds is 1. The van der Waals surface area contributed by atoms with Crippen LogP contribution >= 0.6 is 0 Å². The van der Waals surface area contributed by atoms with Gasteiger partial charge in [-0.1, -0.05) is 30.9 Å². The minimum absolute atomic E-state index is 0.300. The van der Waals surface area contributed by atoms with Gasteiger partial charge < -0.3 is 0 Å². The Labute approximate surface area is 72.8 Å². The lowest BCUT2D eigenvalue weighted by atomic mass is 10.1. The van der Waals surface area contributed by atoms with Crippen LogP contribution in [0.1, 0.15) is 6.93 Å². The Balaban J connectivity index is 2.84. The van der Waals surface area contributed by atoms with Crippen molar-refractivity contribution < 1.29 is 1.37 Å². The molecule has 0 aliphatic heterocycles. The molecule has 1 heterocycles. The number of nitrogens with zero attached hydrogens (tertiary/aromatic N) is 1. The first kappa shape index (κ1) is 5.95. The minimum Gasteiger partial charge on any atom is -0.256 e. The van der Waals surface area contributed by atoms with Crippen LogP contribution in [0.5, 0.6) is 0 Å². The van der Waals surface area contributed by atoms with Gasteiger partial charge in [0, 0.05) is 11.6 Å². The third-order valence-electron chi connectivity index (χ3n) is 1.85. The van der Waals surface area contributed by atoms with Crippen LogP contribution in [-0.2, 0) is 0 Å². The van der Waals surface area contributed by atoms with Crippen LogP contribution in [0.4, 0.5) is 0 Å². The van der Waals surface area contributed by atoms with Crippen molar-refractivity contribution in [3.8, 4) is 0 Å². The van der Waals surface area contributed by atoms with E-state index in [1.165, 1.54) is 0 Å². The highest BCUT2D eigenvalue weighted by atomic mass is 14.6. The molecule has 0 saturated carbocycles. The van der Waals surface area contributed by atoms with E-state index in [0.29, 0.717) is 6.17 Å². The third kappa shape index (κ3) is 0.996. The first-order valence-electron chi connectivity index (χ1n) is 4.30. The monoisotopic (exact) mass is 156 g/mol. The van der Waals surface area contributed by atoms with Gasteiger partial charge in [-0.25, -0.2) is 0 Å². The third-order valence-corrected chi connectivity index (χ3v) is 1.85. The molecule has 0 aliphatic carbocycles. The minimum atomic E-state index is 0.300. The van der Waals surface area contributed by atoms with Crippen LogP contribution in [0.25, 0.3) is 17.0 Å². The van der Waals surface area contributed by atoms with Gasteiger partial charge in [0.05, 0.1) is 6.89 Å². The van der Waals surface area contributed by atoms with E-state index in [4.69, 9.17) is 1.37 Å². The molecule has 1 heteroatoms. The molecule has 0 bridgehead atoms. The number of hydrogen-bond donors (Lipinski definition) is 0. The fourth-order valence-electron chi connectivity index (χ4n) is 1.25. The maximum Gasteiger partial charge on any atom is 0.0840 e.